The highest BCUT2D eigenvalue weighted by Gasteiger charge is 2.28. The van der Waals surface area contributed by atoms with E-state index in [1.807, 2.05) is 0 Å². The number of aromatic amines is 1. The number of aliphatic hydroxyl groups is 1. The molecule has 2 aromatic rings. The Labute approximate surface area is 128 Å². The van der Waals surface area contributed by atoms with Crippen molar-refractivity contribution in [2.24, 2.45) is 0 Å². The summed E-state index contributed by atoms with van der Waals surface area (Å²) in [6, 6.07) is 4.30. The molecule has 1 aliphatic carbocycles. The second kappa shape index (κ2) is 6.08. The predicted octanol–water partition coefficient (Wildman–Crippen LogP) is 3.12. The van der Waals surface area contributed by atoms with E-state index in [4.69, 9.17) is 0 Å². The van der Waals surface area contributed by atoms with Crippen LogP contribution in [0.3, 0.4) is 0 Å². The normalized spacial score (nSPS) is 18.1. The van der Waals surface area contributed by atoms with Gasteiger partial charge < -0.3 is 15.4 Å². The summed E-state index contributed by atoms with van der Waals surface area (Å²) >= 11 is 0. The highest BCUT2D eigenvalue weighted by Crippen LogP contribution is 2.26. The van der Waals surface area contributed by atoms with Gasteiger partial charge >= 0.3 is 0 Å². The molecule has 0 aliphatic heterocycles. The molecule has 3 rings (SSSR count). The van der Waals surface area contributed by atoms with Crippen molar-refractivity contribution < 1.29 is 14.3 Å². The van der Waals surface area contributed by atoms with Gasteiger partial charge in [-0.2, -0.15) is 0 Å². The first-order valence-corrected chi connectivity index (χ1v) is 7.85. The molecule has 1 saturated carbocycles. The number of hydrogen-bond acceptors (Lipinski definition) is 2. The van der Waals surface area contributed by atoms with E-state index in [-0.39, 0.29) is 18.3 Å². The maximum absolute atomic E-state index is 13.2. The summed E-state index contributed by atoms with van der Waals surface area (Å²) in [6.45, 7) is 0.264. The lowest BCUT2D eigenvalue weighted by molar-refractivity contribution is 0.0247. The number of hydrogen-bond donors (Lipinski definition) is 3. The summed E-state index contributed by atoms with van der Waals surface area (Å²) in [5.41, 5.74) is 0.273. The molecule has 1 heterocycles. The first-order chi connectivity index (χ1) is 10.6. The number of halogens is 1. The molecule has 1 aliphatic rings. The molecule has 118 valence electrons. The van der Waals surface area contributed by atoms with Crippen LogP contribution in [0.2, 0.25) is 0 Å². The Bertz CT molecular complexity index is 672. The largest absolute Gasteiger partial charge is 0.388 e. The predicted molar refractivity (Wildman–Crippen MR) is 83.2 cm³/mol. The van der Waals surface area contributed by atoms with Gasteiger partial charge in [0.2, 0.25) is 0 Å². The number of carbonyl (C=O) groups is 1. The molecule has 0 saturated heterocycles. The van der Waals surface area contributed by atoms with E-state index < -0.39 is 5.60 Å². The Morgan fingerprint density at radius 3 is 2.73 bits per heavy atom. The molecule has 3 N–H and O–H groups in total. The smallest absolute Gasteiger partial charge is 0.253 e. The SMILES string of the molecule is O=C(NCC1(O)CCCCCC1)c1c[nH]c2cc(F)ccc12. The second-order valence-corrected chi connectivity index (χ2v) is 6.21. The quantitative estimate of drug-likeness (QED) is 0.763. The van der Waals surface area contributed by atoms with Crippen LogP contribution in [-0.2, 0) is 0 Å². The fourth-order valence-corrected chi connectivity index (χ4v) is 3.19. The molecule has 22 heavy (non-hydrogen) atoms. The summed E-state index contributed by atoms with van der Waals surface area (Å²) in [5, 5.41) is 14.1. The van der Waals surface area contributed by atoms with Crippen LogP contribution in [0.25, 0.3) is 10.9 Å². The second-order valence-electron chi connectivity index (χ2n) is 6.21. The molecule has 0 radical (unpaired) electrons. The Morgan fingerprint density at radius 1 is 1.27 bits per heavy atom. The standard InChI is InChI=1S/C17H21FN2O2/c18-12-5-6-13-14(10-19-15(13)9-12)16(21)20-11-17(22)7-3-1-2-4-8-17/h5-6,9-10,19,22H,1-4,7-8,11H2,(H,20,21). The molecule has 0 spiro atoms. The molecule has 4 nitrogen and oxygen atoms in total. The molecule has 1 aromatic heterocycles. The number of carbonyl (C=O) groups excluding carboxylic acids is 1. The summed E-state index contributed by atoms with van der Waals surface area (Å²) < 4.78 is 13.2. The fraction of sp³-hybridized carbons (Fsp3) is 0.471. The third-order valence-corrected chi connectivity index (χ3v) is 4.50. The van der Waals surface area contributed by atoms with Crippen LogP contribution in [0.1, 0.15) is 48.9 Å². The van der Waals surface area contributed by atoms with Crippen molar-refractivity contribution in [2.75, 3.05) is 6.54 Å². The molecular formula is C17H21FN2O2. The number of aromatic nitrogens is 1. The van der Waals surface area contributed by atoms with Gasteiger partial charge in [0.15, 0.2) is 0 Å². The number of amides is 1. The van der Waals surface area contributed by atoms with Gasteiger partial charge in [0.1, 0.15) is 5.82 Å². The van der Waals surface area contributed by atoms with Gasteiger partial charge in [-0.05, 0) is 31.0 Å². The van der Waals surface area contributed by atoms with Crippen molar-refractivity contribution in [3.05, 3.63) is 35.8 Å². The van der Waals surface area contributed by atoms with Crippen molar-refractivity contribution in [1.82, 2.24) is 10.3 Å². The lowest BCUT2D eigenvalue weighted by atomic mass is 9.94. The lowest BCUT2D eigenvalue weighted by Crippen LogP contribution is -2.42. The van der Waals surface area contributed by atoms with Gasteiger partial charge in [0.05, 0.1) is 11.2 Å². The third kappa shape index (κ3) is 3.14. The first-order valence-electron chi connectivity index (χ1n) is 7.85. The molecular weight excluding hydrogens is 283 g/mol. The Morgan fingerprint density at radius 2 is 2.00 bits per heavy atom. The van der Waals surface area contributed by atoms with E-state index in [1.165, 1.54) is 12.1 Å². The van der Waals surface area contributed by atoms with Crippen molar-refractivity contribution in [3.8, 4) is 0 Å². The van der Waals surface area contributed by atoms with Crippen LogP contribution in [0.15, 0.2) is 24.4 Å². The van der Waals surface area contributed by atoms with E-state index in [1.54, 1.807) is 12.3 Å². The van der Waals surface area contributed by atoms with Crippen LogP contribution < -0.4 is 5.32 Å². The third-order valence-electron chi connectivity index (χ3n) is 4.50. The minimum absolute atomic E-state index is 0.240. The maximum atomic E-state index is 13.2. The van der Waals surface area contributed by atoms with Gasteiger partial charge in [-0.3, -0.25) is 4.79 Å². The van der Waals surface area contributed by atoms with Crippen LogP contribution in [0.5, 0.6) is 0 Å². The van der Waals surface area contributed by atoms with Crippen LogP contribution in [-0.4, -0.2) is 28.1 Å². The van der Waals surface area contributed by atoms with Crippen molar-refractivity contribution >= 4 is 16.8 Å². The lowest BCUT2D eigenvalue weighted by Gasteiger charge is -2.26. The van der Waals surface area contributed by atoms with E-state index in [2.05, 4.69) is 10.3 Å². The van der Waals surface area contributed by atoms with Crippen LogP contribution in [0.4, 0.5) is 4.39 Å². The topological polar surface area (TPSA) is 65.1 Å². The number of fused-ring (bicyclic) bond motifs is 1. The van der Waals surface area contributed by atoms with Gasteiger partial charge in [0, 0.05) is 23.6 Å². The Hall–Kier alpha value is -1.88. The van der Waals surface area contributed by atoms with Crippen molar-refractivity contribution in [1.29, 1.82) is 0 Å². The highest BCUT2D eigenvalue weighted by atomic mass is 19.1. The van der Waals surface area contributed by atoms with Gasteiger partial charge in [-0.1, -0.05) is 25.7 Å². The van der Waals surface area contributed by atoms with Crippen molar-refractivity contribution in [3.63, 3.8) is 0 Å². The number of H-pyrrole nitrogens is 1. The number of benzene rings is 1. The van der Waals surface area contributed by atoms with Gasteiger partial charge in [-0.15, -0.1) is 0 Å². The molecule has 1 aromatic carbocycles. The minimum atomic E-state index is -0.801. The summed E-state index contributed by atoms with van der Waals surface area (Å²) in [4.78, 5) is 15.2. The Balaban J connectivity index is 1.70. The summed E-state index contributed by atoms with van der Waals surface area (Å²) in [7, 11) is 0. The number of nitrogens with one attached hydrogen (secondary N) is 2. The molecule has 0 unspecified atom stereocenters. The maximum Gasteiger partial charge on any atom is 0.253 e. The fourth-order valence-electron chi connectivity index (χ4n) is 3.19. The Kier molecular flexibility index (Phi) is 4.16. The zero-order valence-electron chi connectivity index (χ0n) is 12.5. The van der Waals surface area contributed by atoms with E-state index >= 15 is 0 Å². The average molecular weight is 304 g/mol. The molecule has 0 bridgehead atoms. The molecule has 1 fully saturated rings. The van der Waals surface area contributed by atoms with Gasteiger partial charge in [0.25, 0.3) is 5.91 Å². The molecule has 5 heteroatoms. The zero-order valence-corrected chi connectivity index (χ0v) is 12.5. The van der Waals surface area contributed by atoms with Crippen LogP contribution >= 0.6 is 0 Å². The van der Waals surface area contributed by atoms with Crippen molar-refractivity contribution in [2.45, 2.75) is 44.1 Å². The van der Waals surface area contributed by atoms with Gasteiger partial charge in [-0.25, -0.2) is 4.39 Å². The van der Waals surface area contributed by atoms with Crippen LogP contribution in [0, 0.1) is 5.82 Å². The first kappa shape index (κ1) is 15.0. The van der Waals surface area contributed by atoms with E-state index in [0.717, 1.165) is 38.5 Å². The molecule has 0 atom stereocenters. The minimum Gasteiger partial charge on any atom is -0.388 e. The zero-order chi connectivity index (χ0) is 15.6. The van der Waals surface area contributed by atoms with E-state index in [9.17, 15) is 14.3 Å². The molecule has 1 amide bonds. The summed E-state index contributed by atoms with van der Waals surface area (Å²) in [5.74, 6) is -0.579. The summed E-state index contributed by atoms with van der Waals surface area (Å²) in [6.07, 6.45) is 7.32. The van der Waals surface area contributed by atoms with E-state index in [0.29, 0.717) is 16.5 Å². The number of rotatable bonds is 3. The monoisotopic (exact) mass is 304 g/mol. The highest BCUT2D eigenvalue weighted by molar-refractivity contribution is 6.06. The average Bonchev–Trinajstić information content (AvgIpc) is 2.79.